The van der Waals surface area contributed by atoms with Gasteiger partial charge in [0.25, 0.3) is 0 Å². The van der Waals surface area contributed by atoms with Gasteiger partial charge >= 0.3 is 5.97 Å². The molecule has 5 nitrogen and oxygen atoms in total. The lowest BCUT2D eigenvalue weighted by molar-refractivity contribution is -0.109. The van der Waals surface area contributed by atoms with Crippen molar-refractivity contribution in [3.8, 4) is 11.4 Å². The minimum atomic E-state index is -0.617. The van der Waals surface area contributed by atoms with E-state index in [2.05, 4.69) is 0 Å². The topological polar surface area (TPSA) is 57.5 Å². The van der Waals surface area contributed by atoms with E-state index in [0.29, 0.717) is 17.6 Å². The van der Waals surface area contributed by atoms with Gasteiger partial charge in [0.05, 0.1) is 0 Å². The summed E-state index contributed by atoms with van der Waals surface area (Å²) in [6, 6.07) is 9.30. The molecule has 128 valence electrons. The summed E-state index contributed by atoms with van der Waals surface area (Å²) >= 11 is 0. The van der Waals surface area contributed by atoms with Gasteiger partial charge in [0.1, 0.15) is 23.5 Å². The van der Waals surface area contributed by atoms with Gasteiger partial charge in [-0.2, -0.15) is 0 Å². The molecule has 1 aromatic heterocycles. The second-order valence-corrected chi connectivity index (χ2v) is 6.61. The number of aromatic nitrogens is 1. The summed E-state index contributed by atoms with van der Waals surface area (Å²) in [6.07, 6.45) is 0.646. The first-order valence-corrected chi connectivity index (χ1v) is 7.82. The Hall–Kier alpha value is -2.56. The van der Waals surface area contributed by atoms with Crippen LogP contribution in [0.4, 0.5) is 0 Å². The fourth-order valence-electron chi connectivity index (χ4n) is 2.48. The van der Waals surface area contributed by atoms with Crippen molar-refractivity contribution in [2.45, 2.75) is 40.2 Å². The molecule has 0 unspecified atom stereocenters. The molecule has 0 aliphatic heterocycles. The van der Waals surface area contributed by atoms with Crippen molar-refractivity contribution in [2.75, 3.05) is 6.61 Å². The average Bonchev–Trinajstić information content (AvgIpc) is 2.82. The van der Waals surface area contributed by atoms with Crippen LogP contribution in [-0.4, -0.2) is 29.0 Å². The van der Waals surface area contributed by atoms with Crippen molar-refractivity contribution in [3.05, 3.63) is 47.3 Å². The van der Waals surface area contributed by atoms with Crippen LogP contribution < -0.4 is 4.74 Å². The van der Waals surface area contributed by atoms with E-state index in [-0.39, 0.29) is 6.61 Å². The van der Waals surface area contributed by atoms with Gasteiger partial charge in [-0.25, -0.2) is 4.79 Å². The lowest BCUT2D eigenvalue weighted by Gasteiger charge is -2.21. The van der Waals surface area contributed by atoms with Gasteiger partial charge in [0, 0.05) is 17.1 Å². The van der Waals surface area contributed by atoms with Crippen molar-refractivity contribution in [2.24, 2.45) is 0 Å². The van der Waals surface area contributed by atoms with E-state index in [0.717, 1.165) is 17.1 Å². The van der Waals surface area contributed by atoms with Gasteiger partial charge in [-0.15, -0.1) is 0 Å². The average molecular weight is 329 g/mol. The summed E-state index contributed by atoms with van der Waals surface area (Å²) in [5.41, 5.74) is 2.65. The molecule has 1 heterocycles. The number of esters is 1. The molecule has 0 N–H and O–H groups in total. The summed E-state index contributed by atoms with van der Waals surface area (Å²) in [7, 11) is 0. The third-order valence-electron chi connectivity index (χ3n) is 3.42. The fraction of sp³-hybridized carbons (Fsp3) is 0.368. The quantitative estimate of drug-likeness (QED) is 0.621. The van der Waals surface area contributed by atoms with E-state index in [9.17, 15) is 9.59 Å². The molecule has 24 heavy (non-hydrogen) atoms. The number of hydrogen-bond acceptors (Lipinski definition) is 4. The second kappa shape index (κ2) is 6.91. The lowest BCUT2D eigenvalue weighted by Crippen LogP contribution is -2.24. The summed E-state index contributed by atoms with van der Waals surface area (Å²) in [4.78, 5) is 23.1. The molecule has 0 saturated heterocycles. The molecule has 0 fully saturated rings. The number of aryl methyl sites for hydroxylation is 2. The van der Waals surface area contributed by atoms with Crippen LogP contribution in [0.5, 0.6) is 5.75 Å². The number of carbonyl (C=O) groups excluding carboxylic acids is 2. The van der Waals surface area contributed by atoms with E-state index in [4.69, 9.17) is 9.47 Å². The molecule has 0 spiro atoms. The number of rotatable bonds is 5. The highest BCUT2D eigenvalue weighted by atomic mass is 16.6. The van der Waals surface area contributed by atoms with Crippen LogP contribution in [0.15, 0.2) is 30.3 Å². The number of carbonyl (C=O) groups is 2. The maximum atomic E-state index is 12.5. The van der Waals surface area contributed by atoms with Crippen LogP contribution >= 0.6 is 0 Å². The number of hydrogen-bond donors (Lipinski definition) is 0. The maximum Gasteiger partial charge on any atom is 0.342 e. The summed E-state index contributed by atoms with van der Waals surface area (Å²) in [5, 5.41) is 0. The molecule has 2 rings (SSSR count). The Morgan fingerprint density at radius 1 is 1.12 bits per heavy atom. The highest BCUT2D eigenvalue weighted by molar-refractivity contribution is 5.93. The Morgan fingerprint density at radius 2 is 1.75 bits per heavy atom. The number of aldehydes is 1. The van der Waals surface area contributed by atoms with Crippen molar-refractivity contribution < 1.29 is 19.1 Å². The molecule has 0 aliphatic rings. The zero-order valence-electron chi connectivity index (χ0n) is 14.8. The standard InChI is InChI=1S/C19H23NO4/c1-13-6-7-14(2)20(13)15-8-9-17(23-11-10-21)16(12-15)18(22)24-19(3,4)5/h6-10,12H,11H2,1-5H3. The van der Waals surface area contributed by atoms with Crippen LogP contribution in [0.25, 0.3) is 5.69 Å². The Balaban J connectivity index is 2.49. The van der Waals surface area contributed by atoms with Crippen molar-refractivity contribution in [1.29, 1.82) is 0 Å². The van der Waals surface area contributed by atoms with Gasteiger partial charge < -0.3 is 14.0 Å². The minimum Gasteiger partial charge on any atom is -0.485 e. The van der Waals surface area contributed by atoms with E-state index in [1.807, 2.05) is 36.6 Å². The van der Waals surface area contributed by atoms with Crippen LogP contribution in [0.1, 0.15) is 42.5 Å². The van der Waals surface area contributed by atoms with Gasteiger partial charge in [-0.05, 0) is 65.0 Å². The van der Waals surface area contributed by atoms with Crippen LogP contribution in [0, 0.1) is 13.8 Å². The molecule has 0 aliphatic carbocycles. The Morgan fingerprint density at radius 3 is 2.29 bits per heavy atom. The molecule has 1 aromatic carbocycles. The fourth-order valence-corrected chi connectivity index (χ4v) is 2.48. The molecule has 5 heteroatoms. The van der Waals surface area contributed by atoms with E-state index >= 15 is 0 Å². The zero-order chi connectivity index (χ0) is 17.9. The molecule has 0 atom stereocenters. The Kier molecular flexibility index (Phi) is 5.12. The number of ether oxygens (including phenoxy) is 2. The normalized spacial score (nSPS) is 11.2. The van der Waals surface area contributed by atoms with Crippen LogP contribution in [-0.2, 0) is 9.53 Å². The molecule has 0 amide bonds. The number of nitrogens with zero attached hydrogens (tertiary/aromatic N) is 1. The summed E-state index contributed by atoms with van der Waals surface area (Å²) in [6.45, 7) is 9.30. The molecule has 2 aromatic rings. The molecule has 0 radical (unpaired) electrons. The van der Waals surface area contributed by atoms with Crippen molar-refractivity contribution in [1.82, 2.24) is 4.57 Å². The zero-order valence-corrected chi connectivity index (χ0v) is 14.8. The Labute approximate surface area is 142 Å². The number of benzene rings is 1. The smallest absolute Gasteiger partial charge is 0.342 e. The molecular formula is C19H23NO4. The SMILES string of the molecule is Cc1ccc(C)n1-c1ccc(OCC=O)c(C(=O)OC(C)(C)C)c1. The Bertz CT molecular complexity index is 734. The van der Waals surface area contributed by atoms with Gasteiger partial charge in [0.2, 0.25) is 0 Å². The van der Waals surface area contributed by atoms with Crippen LogP contribution in [0.2, 0.25) is 0 Å². The molecule has 0 saturated carbocycles. The predicted molar refractivity (Wildman–Crippen MR) is 92.0 cm³/mol. The van der Waals surface area contributed by atoms with Gasteiger partial charge in [-0.3, -0.25) is 4.79 Å². The van der Waals surface area contributed by atoms with Gasteiger partial charge in [-0.1, -0.05) is 0 Å². The first-order valence-electron chi connectivity index (χ1n) is 7.82. The first kappa shape index (κ1) is 17.8. The largest absolute Gasteiger partial charge is 0.485 e. The molecular weight excluding hydrogens is 306 g/mol. The lowest BCUT2D eigenvalue weighted by atomic mass is 10.1. The van der Waals surface area contributed by atoms with Gasteiger partial charge in [0.15, 0.2) is 6.29 Å². The second-order valence-electron chi connectivity index (χ2n) is 6.61. The monoisotopic (exact) mass is 329 g/mol. The predicted octanol–water partition coefficient (Wildman–Crippen LogP) is 3.63. The first-order chi connectivity index (χ1) is 11.2. The minimum absolute atomic E-state index is 0.114. The highest BCUT2D eigenvalue weighted by Crippen LogP contribution is 2.26. The van der Waals surface area contributed by atoms with Crippen molar-refractivity contribution in [3.63, 3.8) is 0 Å². The third-order valence-corrected chi connectivity index (χ3v) is 3.42. The van der Waals surface area contributed by atoms with Crippen molar-refractivity contribution >= 4 is 12.3 Å². The van der Waals surface area contributed by atoms with E-state index < -0.39 is 11.6 Å². The maximum absolute atomic E-state index is 12.5. The molecule has 0 bridgehead atoms. The summed E-state index contributed by atoms with van der Waals surface area (Å²) in [5.74, 6) is -0.143. The summed E-state index contributed by atoms with van der Waals surface area (Å²) < 4.78 is 12.9. The van der Waals surface area contributed by atoms with Crippen LogP contribution in [0.3, 0.4) is 0 Å². The highest BCUT2D eigenvalue weighted by Gasteiger charge is 2.22. The van der Waals surface area contributed by atoms with E-state index in [1.165, 1.54) is 0 Å². The van der Waals surface area contributed by atoms with E-state index in [1.54, 1.807) is 32.9 Å². The third kappa shape index (κ3) is 4.04.